The van der Waals surface area contributed by atoms with E-state index >= 15 is 0 Å². The van der Waals surface area contributed by atoms with Gasteiger partial charge in [-0.2, -0.15) is 0 Å². The molecule has 0 unspecified atom stereocenters. The summed E-state index contributed by atoms with van der Waals surface area (Å²) in [7, 11) is 0. The third-order valence-corrected chi connectivity index (χ3v) is 3.24. The number of β-amino-alcohol motifs (C(OH)–C–C–N with tert-alkyl or cyclic N) is 1. The first kappa shape index (κ1) is 12.6. The van der Waals surface area contributed by atoms with Gasteiger partial charge in [0, 0.05) is 38.1 Å². The number of likely N-dealkylation sites (tertiary alicyclic amines) is 2. The van der Waals surface area contributed by atoms with Gasteiger partial charge in [0.1, 0.15) is 5.60 Å². The topological polar surface area (TPSA) is 53.0 Å². The third kappa shape index (κ3) is 2.72. The van der Waals surface area contributed by atoms with Crippen molar-refractivity contribution < 1.29 is 14.6 Å². The van der Waals surface area contributed by atoms with Gasteiger partial charge >= 0.3 is 6.09 Å². The highest BCUT2D eigenvalue weighted by atomic mass is 16.6. The van der Waals surface area contributed by atoms with E-state index in [1.54, 1.807) is 4.90 Å². The number of amides is 1. The molecule has 2 fully saturated rings. The molecule has 0 bridgehead atoms. The van der Waals surface area contributed by atoms with Crippen LogP contribution >= 0.6 is 0 Å². The van der Waals surface area contributed by atoms with Crippen LogP contribution in [0.25, 0.3) is 0 Å². The molecule has 0 aliphatic carbocycles. The van der Waals surface area contributed by atoms with Crippen molar-refractivity contribution >= 4 is 6.09 Å². The van der Waals surface area contributed by atoms with Crippen molar-refractivity contribution in [2.45, 2.75) is 26.4 Å². The van der Waals surface area contributed by atoms with Crippen LogP contribution < -0.4 is 0 Å². The lowest BCUT2D eigenvalue weighted by molar-refractivity contribution is -0.115. The maximum Gasteiger partial charge on any atom is 0.410 e. The summed E-state index contributed by atoms with van der Waals surface area (Å²) in [6.07, 6.45) is -0.205. The van der Waals surface area contributed by atoms with Gasteiger partial charge in [-0.05, 0) is 20.8 Å². The normalized spacial score (nSPS) is 23.2. The van der Waals surface area contributed by atoms with E-state index in [0.717, 1.165) is 32.7 Å². The van der Waals surface area contributed by atoms with Gasteiger partial charge in [-0.3, -0.25) is 4.90 Å². The number of carbonyl (C=O) groups is 1. The lowest BCUT2D eigenvalue weighted by Gasteiger charge is -2.59. The summed E-state index contributed by atoms with van der Waals surface area (Å²) in [5, 5.41) is 8.80. The van der Waals surface area contributed by atoms with Gasteiger partial charge in [-0.25, -0.2) is 4.79 Å². The van der Waals surface area contributed by atoms with Gasteiger partial charge in [0.25, 0.3) is 0 Å². The predicted octanol–water partition coefficient (Wildman–Crippen LogP) is 0.531. The number of carbonyl (C=O) groups excluding carboxylic acids is 1. The zero-order valence-corrected chi connectivity index (χ0v) is 10.9. The van der Waals surface area contributed by atoms with Crippen LogP contribution in [-0.4, -0.2) is 65.9 Å². The molecule has 0 atom stereocenters. The van der Waals surface area contributed by atoms with Crippen LogP contribution in [0.4, 0.5) is 4.79 Å². The Morgan fingerprint density at radius 3 is 2.35 bits per heavy atom. The van der Waals surface area contributed by atoms with Crippen molar-refractivity contribution in [1.29, 1.82) is 0 Å². The highest BCUT2D eigenvalue weighted by Gasteiger charge is 2.53. The van der Waals surface area contributed by atoms with E-state index in [1.165, 1.54) is 0 Å². The number of aliphatic hydroxyl groups excluding tert-OH is 1. The van der Waals surface area contributed by atoms with Crippen LogP contribution in [0, 0.1) is 5.41 Å². The summed E-state index contributed by atoms with van der Waals surface area (Å²) in [6, 6.07) is 0. The monoisotopic (exact) mass is 242 g/mol. The first-order valence-corrected chi connectivity index (χ1v) is 6.15. The average Bonchev–Trinajstić information content (AvgIpc) is 2.03. The average molecular weight is 242 g/mol. The van der Waals surface area contributed by atoms with E-state index in [1.807, 2.05) is 20.8 Å². The molecule has 5 nitrogen and oxygen atoms in total. The fourth-order valence-corrected chi connectivity index (χ4v) is 2.62. The second-order valence-electron chi connectivity index (χ2n) is 6.27. The minimum absolute atomic E-state index is 0.205. The minimum Gasteiger partial charge on any atom is -0.444 e. The summed E-state index contributed by atoms with van der Waals surface area (Å²) in [5.74, 6) is 0. The highest BCUT2D eigenvalue weighted by Crippen LogP contribution is 2.39. The second kappa shape index (κ2) is 4.14. The first-order chi connectivity index (χ1) is 7.84. The van der Waals surface area contributed by atoms with Gasteiger partial charge in [0.15, 0.2) is 0 Å². The molecule has 0 aromatic heterocycles. The maximum absolute atomic E-state index is 11.7. The molecule has 0 aromatic rings. The van der Waals surface area contributed by atoms with Crippen molar-refractivity contribution in [2.75, 3.05) is 39.3 Å². The standard InChI is InChI=1S/C12H22N2O3/c1-11(2,3)17-10(16)14-8-12(9-14)6-13(7-12)4-5-15/h15H,4-9H2,1-3H3. The van der Waals surface area contributed by atoms with Crippen LogP contribution in [0.5, 0.6) is 0 Å². The molecular weight excluding hydrogens is 220 g/mol. The number of ether oxygens (including phenoxy) is 1. The van der Waals surface area contributed by atoms with Crippen LogP contribution in [0.2, 0.25) is 0 Å². The molecule has 2 aliphatic heterocycles. The van der Waals surface area contributed by atoms with E-state index in [9.17, 15) is 4.79 Å². The molecule has 98 valence electrons. The Balaban J connectivity index is 1.71. The van der Waals surface area contributed by atoms with E-state index in [0.29, 0.717) is 0 Å². The fraction of sp³-hybridized carbons (Fsp3) is 0.917. The molecule has 1 amide bonds. The van der Waals surface area contributed by atoms with Gasteiger partial charge in [0.05, 0.1) is 6.61 Å². The summed E-state index contributed by atoms with van der Waals surface area (Å²) in [6.45, 7) is 10.2. The summed E-state index contributed by atoms with van der Waals surface area (Å²) in [4.78, 5) is 15.7. The van der Waals surface area contributed by atoms with Crippen molar-refractivity contribution in [3.63, 3.8) is 0 Å². The molecule has 2 saturated heterocycles. The van der Waals surface area contributed by atoms with Gasteiger partial charge in [-0.1, -0.05) is 0 Å². The van der Waals surface area contributed by atoms with E-state index in [4.69, 9.17) is 9.84 Å². The van der Waals surface area contributed by atoms with E-state index in [2.05, 4.69) is 4.90 Å². The summed E-state index contributed by atoms with van der Waals surface area (Å²) < 4.78 is 5.31. The van der Waals surface area contributed by atoms with Gasteiger partial charge in [-0.15, -0.1) is 0 Å². The molecular formula is C12H22N2O3. The molecule has 1 spiro atoms. The molecule has 0 saturated carbocycles. The number of nitrogens with zero attached hydrogens (tertiary/aromatic N) is 2. The lowest BCUT2D eigenvalue weighted by atomic mass is 9.73. The quantitative estimate of drug-likeness (QED) is 0.767. The predicted molar refractivity (Wildman–Crippen MR) is 63.8 cm³/mol. The van der Waals surface area contributed by atoms with E-state index < -0.39 is 5.60 Å². The maximum atomic E-state index is 11.7. The molecule has 2 aliphatic rings. The van der Waals surface area contributed by atoms with Gasteiger partial charge < -0.3 is 14.7 Å². The number of rotatable bonds is 2. The fourth-order valence-electron chi connectivity index (χ4n) is 2.62. The molecule has 0 radical (unpaired) electrons. The highest BCUT2D eigenvalue weighted by molar-refractivity contribution is 5.69. The van der Waals surface area contributed by atoms with E-state index in [-0.39, 0.29) is 18.1 Å². The number of hydrogen-bond donors (Lipinski definition) is 1. The van der Waals surface area contributed by atoms with Crippen molar-refractivity contribution in [3.8, 4) is 0 Å². The van der Waals surface area contributed by atoms with Crippen LogP contribution in [-0.2, 0) is 4.74 Å². The SMILES string of the molecule is CC(C)(C)OC(=O)N1CC2(CN(CCO)C2)C1. The Hall–Kier alpha value is -0.810. The Morgan fingerprint density at radius 1 is 1.29 bits per heavy atom. The molecule has 1 N–H and O–H groups in total. The second-order valence-corrected chi connectivity index (χ2v) is 6.27. The van der Waals surface area contributed by atoms with Gasteiger partial charge in [0.2, 0.25) is 0 Å². The van der Waals surface area contributed by atoms with Crippen molar-refractivity contribution in [2.24, 2.45) is 5.41 Å². The largest absolute Gasteiger partial charge is 0.444 e. The first-order valence-electron chi connectivity index (χ1n) is 6.15. The summed E-state index contributed by atoms with van der Waals surface area (Å²) in [5.41, 5.74) is -0.131. The number of aliphatic hydroxyl groups is 1. The molecule has 5 heteroatoms. The lowest BCUT2D eigenvalue weighted by Crippen LogP contribution is -2.73. The van der Waals surface area contributed by atoms with Crippen molar-refractivity contribution in [3.05, 3.63) is 0 Å². The van der Waals surface area contributed by atoms with Crippen LogP contribution in [0.3, 0.4) is 0 Å². The smallest absolute Gasteiger partial charge is 0.410 e. The Bertz CT molecular complexity index is 297. The zero-order chi connectivity index (χ0) is 12.7. The molecule has 17 heavy (non-hydrogen) atoms. The van der Waals surface area contributed by atoms with Crippen LogP contribution in [0.1, 0.15) is 20.8 Å². The summed E-state index contributed by atoms with van der Waals surface area (Å²) >= 11 is 0. The Morgan fingerprint density at radius 2 is 1.88 bits per heavy atom. The van der Waals surface area contributed by atoms with Crippen molar-refractivity contribution in [1.82, 2.24) is 9.80 Å². The Kier molecular flexibility index (Phi) is 3.08. The molecule has 2 heterocycles. The Labute approximate surface area is 102 Å². The minimum atomic E-state index is -0.414. The molecule has 0 aromatic carbocycles. The van der Waals surface area contributed by atoms with Crippen LogP contribution in [0.15, 0.2) is 0 Å². The zero-order valence-electron chi connectivity index (χ0n) is 10.9. The third-order valence-electron chi connectivity index (χ3n) is 3.24. The molecule has 2 rings (SSSR count). The number of hydrogen-bond acceptors (Lipinski definition) is 4.